The molecule has 9 heteroatoms. The van der Waals surface area contributed by atoms with Gasteiger partial charge in [-0.05, 0) is 73.5 Å². The van der Waals surface area contributed by atoms with E-state index in [-0.39, 0.29) is 18.4 Å². The first kappa shape index (κ1) is 22.2. The molecule has 5 rings (SSSR count). The van der Waals surface area contributed by atoms with Crippen LogP contribution < -0.4 is 20.1 Å². The summed E-state index contributed by atoms with van der Waals surface area (Å²) in [7, 11) is 2.94. The molecule has 170 valence electrons. The average molecular weight is 449 g/mol. The predicted octanol–water partition coefficient (Wildman–Crippen LogP) is 1.35. The highest BCUT2D eigenvalue weighted by atomic mass is 32.2. The Balaban J connectivity index is 1.58. The molecule has 1 aromatic carbocycles. The summed E-state index contributed by atoms with van der Waals surface area (Å²) in [5.41, 5.74) is -1.37. The van der Waals surface area contributed by atoms with E-state index in [0.717, 1.165) is 37.5 Å². The summed E-state index contributed by atoms with van der Waals surface area (Å²) in [6.45, 7) is 0. The smallest absolute Gasteiger partial charge is 0.246 e. The van der Waals surface area contributed by atoms with Crippen molar-refractivity contribution in [1.82, 2.24) is 15.4 Å². The third-order valence-corrected chi connectivity index (χ3v) is 7.95. The number of benzene rings is 1. The number of carbonyl (C=O) groups is 2. The van der Waals surface area contributed by atoms with Crippen LogP contribution >= 0.6 is 0 Å². The summed E-state index contributed by atoms with van der Waals surface area (Å²) in [6, 6.07) is 6.58. The molecular formula is C22H30N3O5S-. The number of nitrogens with one attached hydrogen (secondary N) is 3. The van der Waals surface area contributed by atoms with Crippen LogP contribution in [0.25, 0.3) is 0 Å². The molecule has 4 bridgehead atoms. The normalized spacial score (nSPS) is 31.5. The number of amides is 2. The zero-order valence-electron chi connectivity index (χ0n) is 17.9. The maximum Gasteiger partial charge on any atom is 0.246 e. The molecule has 8 nitrogen and oxygen atoms in total. The lowest BCUT2D eigenvalue weighted by Gasteiger charge is -2.54. The summed E-state index contributed by atoms with van der Waals surface area (Å²) in [5.74, 6) is 2.18. The second-order valence-corrected chi connectivity index (χ2v) is 9.92. The Morgan fingerprint density at radius 2 is 1.68 bits per heavy atom. The number of ether oxygens (including phenoxy) is 1. The fraction of sp³-hybridized carbons (Fsp3) is 0.636. The molecule has 2 atom stereocenters. The molecule has 0 saturated heterocycles. The predicted molar refractivity (Wildman–Crippen MR) is 114 cm³/mol. The van der Waals surface area contributed by atoms with Crippen LogP contribution in [0.15, 0.2) is 24.3 Å². The van der Waals surface area contributed by atoms with Gasteiger partial charge in [-0.15, -0.1) is 0 Å². The van der Waals surface area contributed by atoms with E-state index in [2.05, 4.69) is 15.4 Å². The summed E-state index contributed by atoms with van der Waals surface area (Å²) < 4.78 is 30.8. The van der Waals surface area contributed by atoms with E-state index < -0.39 is 22.7 Å². The molecular weight excluding hydrogens is 418 g/mol. The van der Waals surface area contributed by atoms with E-state index >= 15 is 0 Å². The number of rotatable bonds is 8. The fourth-order valence-corrected chi connectivity index (χ4v) is 6.89. The Bertz CT molecular complexity index is 833. The highest BCUT2D eigenvalue weighted by molar-refractivity contribution is 7.77. The molecule has 4 fully saturated rings. The zero-order chi connectivity index (χ0) is 22.2. The molecule has 0 aliphatic heterocycles. The lowest BCUT2D eigenvalue weighted by atomic mass is 9.54. The molecule has 0 aromatic heterocycles. The lowest BCUT2D eigenvalue weighted by Crippen LogP contribution is -2.59. The van der Waals surface area contributed by atoms with Gasteiger partial charge in [0.2, 0.25) is 11.8 Å². The van der Waals surface area contributed by atoms with Gasteiger partial charge in [-0.25, -0.2) is 4.72 Å². The number of hydrogen-bond donors (Lipinski definition) is 3. The minimum atomic E-state index is -2.76. The molecule has 4 aliphatic rings. The van der Waals surface area contributed by atoms with Crippen molar-refractivity contribution in [2.45, 2.75) is 50.1 Å². The van der Waals surface area contributed by atoms with E-state index in [0.29, 0.717) is 23.1 Å². The van der Waals surface area contributed by atoms with E-state index in [1.165, 1.54) is 20.6 Å². The van der Waals surface area contributed by atoms with E-state index in [9.17, 15) is 18.4 Å². The van der Waals surface area contributed by atoms with Crippen LogP contribution in [0, 0.1) is 23.7 Å². The standard InChI is InChI=1S/C22H31N3O5S/c1-23-21(27)22(25-31(28)29,17-3-5-18(30-2)6-4-17)12-19(26)24-20-15-8-13-7-14(10-15)11-16(20)9-13/h3-6,13-16,20,25H,7-12H2,1-2H3,(H,23,27)(H,24,26)(H,28,29)/p-1. The van der Waals surface area contributed by atoms with Crippen LogP contribution in [0.5, 0.6) is 5.75 Å². The molecule has 1 aromatic rings. The Kier molecular flexibility index (Phi) is 6.37. The van der Waals surface area contributed by atoms with Crippen molar-refractivity contribution < 1.29 is 23.1 Å². The highest BCUT2D eigenvalue weighted by Gasteiger charge is 2.49. The van der Waals surface area contributed by atoms with Crippen molar-refractivity contribution in [3.8, 4) is 5.75 Å². The summed E-state index contributed by atoms with van der Waals surface area (Å²) in [5, 5.41) is 5.69. The van der Waals surface area contributed by atoms with Crippen LogP contribution in [-0.2, 0) is 26.4 Å². The van der Waals surface area contributed by atoms with Gasteiger partial charge in [0.1, 0.15) is 11.3 Å². The van der Waals surface area contributed by atoms with Gasteiger partial charge in [0.25, 0.3) is 0 Å². The van der Waals surface area contributed by atoms with Crippen LogP contribution in [-0.4, -0.2) is 40.8 Å². The number of likely N-dealkylation sites (N-methyl/N-ethyl adjacent to an activating group) is 1. The van der Waals surface area contributed by atoms with Gasteiger partial charge in [-0.1, -0.05) is 12.1 Å². The summed E-state index contributed by atoms with van der Waals surface area (Å²) in [4.78, 5) is 26.1. The molecule has 0 heterocycles. The second-order valence-electron chi connectivity index (χ2n) is 9.25. The zero-order valence-corrected chi connectivity index (χ0v) is 18.7. The van der Waals surface area contributed by atoms with E-state index in [1.807, 2.05) is 0 Å². The molecule has 2 unspecified atom stereocenters. The molecule has 4 aliphatic carbocycles. The highest BCUT2D eigenvalue weighted by Crippen LogP contribution is 2.53. The van der Waals surface area contributed by atoms with Gasteiger partial charge in [-0.2, -0.15) is 0 Å². The minimum absolute atomic E-state index is 0.108. The quantitative estimate of drug-likeness (QED) is 0.519. The third kappa shape index (κ3) is 4.36. The molecule has 0 spiro atoms. The van der Waals surface area contributed by atoms with Crippen molar-refractivity contribution in [3.05, 3.63) is 29.8 Å². The van der Waals surface area contributed by atoms with Gasteiger partial charge < -0.3 is 19.9 Å². The first-order chi connectivity index (χ1) is 14.8. The number of methoxy groups -OCH3 is 1. The Morgan fingerprint density at radius 3 is 2.16 bits per heavy atom. The third-order valence-electron chi connectivity index (χ3n) is 7.44. The fourth-order valence-electron chi connectivity index (χ4n) is 6.32. The Labute approximate surface area is 185 Å². The largest absolute Gasteiger partial charge is 0.760 e. The summed E-state index contributed by atoms with van der Waals surface area (Å²) >= 11 is -2.76. The van der Waals surface area contributed by atoms with Crippen LogP contribution in [0.2, 0.25) is 0 Å². The van der Waals surface area contributed by atoms with Crippen LogP contribution in [0.4, 0.5) is 0 Å². The van der Waals surface area contributed by atoms with Crippen molar-refractivity contribution in [1.29, 1.82) is 0 Å². The van der Waals surface area contributed by atoms with Crippen molar-refractivity contribution in [2.24, 2.45) is 23.7 Å². The Morgan fingerprint density at radius 1 is 1.10 bits per heavy atom. The topological polar surface area (TPSA) is 120 Å². The maximum atomic E-state index is 13.2. The molecule has 0 radical (unpaired) electrons. The molecule has 3 N–H and O–H groups in total. The summed E-state index contributed by atoms with van der Waals surface area (Å²) in [6.07, 6.45) is 5.61. The first-order valence-corrected chi connectivity index (χ1v) is 11.9. The SMILES string of the molecule is CNC(=O)C(CC(=O)NC1C2CC3CC(C2)CC1C3)(NS(=O)[O-])c1ccc(OC)cc1. The minimum Gasteiger partial charge on any atom is -0.760 e. The maximum absolute atomic E-state index is 13.2. The number of carbonyl (C=O) groups excluding carboxylic acids is 2. The van der Waals surface area contributed by atoms with Gasteiger partial charge in [0.15, 0.2) is 0 Å². The van der Waals surface area contributed by atoms with Crippen molar-refractivity contribution in [2.75, 3.05) is 14.2 Å². The van der Waals surface area contributed by atoms with Crippen molar-refractivity contribution >= 4 is 23.1 Å². The van der Waals surface area contributed by atoms with Gasteiger partial charge >= 0.3 is 0 Å². The molecule has 4 saturated carbocycles. The Hall–Kier alpha value is -1.97. The van der Waals surface area contributed by atoms with Gasteiger partial charge in [0.05, 0.1) is 13.5 Å². The first-order valence-electron chi connectivity index (χ1n) is 10.9. The monoisotopic (exact) mass is 448 g/mol. The van der Waals surface area contributed by atoms with Gasteiger partial charge in [-0.3, -0.25) is 13.8 Å². The second kappa shape index (κ2) is 8.88. The van der Waals surface area contributed by atoms with E-state index in [4.69, 9.17) is 4.74 Å². The van der Waals surface area contributed by atoms with Crippen molar-refractivity contribution in [3.63, 3.8) is 0 Å². The van der Waals surface area contributed by atoms with E-state index in [1.54, 1.807) is 24.3 Å². The number of hydrogen-bond acceptors (Lipinski definition) is 5. The molecule has 2 amide bonds. The van der Waals surface area contributed by atoms with Gasteiger partial charge in [0, 0.05) is 24.4 Å². The molecule has 31 heavy (non-hydrogen) atoms. The average Bonchev–Trinajstić information content (AvgIpc) is 2.74. The lowest BCUT2D eigenvalue weighted by molar-refractivity contribution is -0.134. The van der Waals surface area contributed by atoms with Crippen LogP contribution in [0.1, 0.15) is 44.1 Å². The van der Waals surface area contributed by atoms with Crippen LogP contribution in [0.3, 0.4) is 0 Å².